The van der Waals surface area contributed by atoms with E-state index in [1.807, 2.05) is 42.8 Å². The van der Waals surface area contributed by atoms with Gasteiger partial charge in [0.2, 0.25) is 0 Å². The lowest BCUT2D eigenvalue weighted by Gasteiger charge is -2.08. The molecule has 6 heteroatoms. The Morgan fingerprint density at radius 1 is 1.37 bits per heavy atom. The van der Waals surface area contributed by atoms with Crippen LogP contribution in [0.1, 0.15) is 16.1 Å². The van der Waals surface area contributed by atoms with Crippen molar-refractivity contribution in [3.63, 3.8) is 0 Å². The maximum Gasteiger partial charge on any atom is 0.160 e. The van der Waals surface area contributed by atoms with Crippen molar-refractivity contribution in [2.24, 2.45) is 0 Å². The highest BCUT2D eigenvalue weighted by Gasteiger charge is 2.07. The van der Waals surface area contributed by atoms with E-state index in [9.17, 15) is 0 Å². The van der Waals surface area contributed by atoms with Gasteiger partial charge in [0.15, 0.2) is 5.65 Å². The fourth-order valence-electron chi connectivity index (χ4n) is 1.94. The summed E-state index contributed by atoms with van der Waals surface area (Å²) in [5.41, 5.74) is 2.94. The third-order valence-corrected chi connectivity index (χ3v) is 4.08. The van der Waals surface area contributed by atoms with E-state index in [0.717, 1.165) is 33.6 Å². The Balaban J connectivity index is 1.92. The summed E-state index contributed by atoms with van der Waals surface area (Å²) in [4.78, 5) is 5.69. The van der Waals surface area contributed by atoms with Crippen LogP contribution < -0.4 is 5.32 Å². The number of halogens is 1. The first-order chi connectivity index (χ1) is 9.13. The van der Waals surface area contributed by atoms with Crippen molar-refractivity contribution >= 4 is 34.4 Å². The van der Waals surface area contributed by atoms with Crippen LogP contribution in [0.2, 0.25) is 4.34 Å². The standard InChI is InChI=1S/C13H13ClN4S/c1-8-6-16-18-12(5-9(2)17-13(8)18)15-7-10-3-4-11(14)19-10/h3-6,15H,7H2,1-2H3. The minimum absolute atomic E-state index is 0.731. The van der Waals surface area contributed by atoms with Crippen LogP contribution in [-0.2, 0) is 6.54 Å². The van der Waals surface area contributed by atoms with Gasteiger partial charge in [-0.05, 0) is 26.0 Å². The molecule has 0 spiro atoms. The van der Waals surface area contributed by atoms with Crippen LogP contribution in [0.5, 0.6) is 0 Å². The Morgan fingerprint density at radius 2 is 2.21 bits per heavy atom. The molecule has 0 aliphatic rings. The van der Waals surface area contributed by atoms with Gasteiger partial charge in [-0.15, -0.1) is 11.3 Å². The molecule has 3 rings (SSSR count). The zero-order valence-electron chi connectivity index (χ0n) is 10.6. The molecule has 0 amide bonds. The maximum absolute atomic E-state index is 5.93. The van der Waals surface area contributed by atoms with E-state index in [4.69, 9.17) is 11.6 Å². The average molecular weight is 293 g/mol. The molecule has 0 aliphatic heterocycles. The Bertz CT molecular complexity index is 731. The number of fused-ring (bicyclic) bond motifs is 1. The number of hydrogen-bond donors (Lipinski definition) is 1. The SMILES string of the molecule is Cc1cc(NCc2ccc(Cl)s2)n2ncc(C)c2n1. The summed E-state index contributed by atoms with van der Waals surface area (Å²) in [6, 6.07) is 5.93. The van der Waals surface area contributed by atoms with Crippen LogP contribution in [0.15, 0.2) is 24.4 Å². The van der Waals surface area contributed by atoms with Gasteiger partial charge in [0, 0.05) is 22.2 Å². The quantitative estimate of drug-likeness (QED) is 0.801. The molecule has 19 heavy (non-hydrogen) atoms. The van der Waals surface area contributed by atoms with Crippen molar-refractivity contribution < 1.29 is 0 Å². The van der Waals surface area contributed by atoms with Gasteiger partial charge in [0.25, 0.3) is 0 Å². The number of nitrogens with zero attached hydrogens (tertiary/aromatic N) is 3. The molecule has 0 bridgehead atoms. The van der Waals surface area contributed by atoms with E-state index >= 15 is 0 Å². The predicted molar refractivity (Wildman–Crippen MR) is 79.1 cm³/mol. The molecule has 1 N–H and O–H groups in total. The summed E-state index contributed by atoms with van der Waals surface area (Å²) >= 11 is 7.51. The number of aryl methyl sites for hydroxylation is 2. The van der Waals surface area contributed by atoms with Gasteiger partial charge in [-0.3, -0.25) is 0 Å². The smallest absolute Gasteiger partial charge is 0.160 e. The summed E-state index contributed by atoms with van der Waals surface area (Å²) in [7, 11) is 0. The molecule has 4 nitrogen and oxygen atoms in total. The third-order valence-electron chi connectivity index (χ3n) is 2.85. The molecule has 0 fully saturated rings. The number of nitrogens with one attached hydrogen (secondary N) is 1. The number of thiophene rings is 1. The minimum Gasteiger partial charge on any atom is -0.365 e. The van der Waals surface area contributed by atoms with Gasteiger partial charge >= 0.3 is 0 Å². The van der Waals surface area contributed by atoms with Gasteiger partial charge in [-0.2, -0.15) is 9.61 Å². The lowest BCUT2D eigenvalue weighted by atomic mass is 10.3. The van der Waals surface area contributed by atoms with Crippen molar-refractivity contribution in [2.75, 3.05) is 5.32 Å². The van der Waals surface area contributed by atoms with Crippen LogP contribution in [0, 0.1) is 13.8 Å². The first-order valence-electron chi connectivity index (χ1n) is 5.93. The lowest BCUT2D eigenvalue weighted by molar-refractivity contribution is 0.919. The molecule has 0 saturated carbocycles. The van der Waals surface area contributed by atoms with Crippen LogP contribution >= 0.6 is 22.9 Å². The van der Waals surface area contributed by atoms with Gasteiger partial charge in [-0.25, -0.2) is 4.98 Å². The third kappa shape index (κ3) is 2.43. The highest BCUT2D eigenvalue weighted by Crippen LogP contribution is 2.23. The van der Waals surface area contributed by atoms with E-state index in [1.54, 1.807) is 11.3 Å². The number of anilines is 1. The van der Waals surface area contributed by atoms with Crippen molar-refractivity contribution in [1.82, 2.24) is 14.6 Å². The average Bonchev–Trinajstić information content (AvgIpc) is 2.94. The second-order valence-electron chi connectivity index (χ2n) is 4.41. The van der Waals surface area contributed by atoms with Crippen LogP contribution in [0.4, 0.5) is 5.82 Å². The first-order valence-corrected chi connectivity index (χ1v) is 7.13. The van der Waals surface area contributed by atoms with Crippen LogP contribution in [0.25, 0.3) is 5.65 Å². The Morgan fingerprint density at radius 3 is 2.95 bits per heavy atom. The van der Waals surface area contributed by atoms with E-state index in [0.29, 0.717) is 0 Å². The van der Waals surface area contributed by atoms with Gasteiger partial charge in [0.1, 0.15) is 5.82 Å². The van der Waals surface area contributed by atoms with E-state index in [2.05, 4.69) is 15.4 Å². The molecule has 0 aliphatic carbocycles. The molecule has 3 heterocycles. The highest BCUT2D eigenvalue weighted by molar-refractivity contribution is 7.16. The summed E-state index contributed by atoms with van der Waals surface area (Å²) in [5, 5.41) is 7.73. The van der Waals surface area contributed by atoms with Crippen molar-refractivity contribution in [3.8, 4) is 0 Å². The molecular formula is C13H13ClN4S. The molecule has 3 aromatic rings. The molecule has 3 aromatic heterocycles. The fourth-order valence-corrected chi connectivity index (χ4v) is 2.97. The summed E-state index contributed by atoms with van der Waals surface area (Å²) < 4.78 is 2.64. The van der Waals surface area contributed by atoms with Crippen molar-refractivity contribution in [3.05, 3.63) is 44.9 Å². The molecule has 0 radical (unpaired) electrons. The number of rotatable bonds is 3. The second kappa shape index (κ2) is 4.83. The van der Waals surface area contributed by atoms with Crippen LogP contribution in [-0.4, -0.2) is 14.6 Å². The fraction of sp³-hybridized carbons (Fsp3) is 0.231. The zero-order chi connectivity index (χ0) is 13.4. The first kappa shape index (κ1) is 12.4. The predicted octanol–water partition coefficient (Wildman–Crippen LogP) is 3.67. The topological polar surface area (TPSA) is 42.2 Å². The summed E-state index contributed by atoms with van der Waals surface area (Å²) in [6.45, 7) is 4.73. The van der Waals surface area contributed by atoms with Gasteiger partial charge in [0.05, 0.1) is 17.1 Å². The largest absolute Gasteiger partial charge is 0.365 e. The normalized spacial score (nSPS) is 11.1. The van der Waals surface area contributed by atoms with Gasteiger partial charge in [-0.1, -0.05) is 11.6 Å². The minimum atomic E-state index is 0.731. The van der Waals surface area contributed by atoms with Crippen LogP contribution in [0.3, 0.4) is 0 Å². The lowest BCUT2D eigenvalue weighted by Crippen LogP contribution is -2.06. The highest BCUT2D eigenvalue weighted by atomic mass is 35.5. The molecule has 0 atom stereocenters. The second-order valence-corrected chi connectivity index (χ2v) is 6.20. The molecular weight excluding hydrogens is 280 g/mol. The molecule has 0 saturated heterocycles. The van der Waals surface area contributed by atoms with E-state index < -0.39 is 0 Å². The monoisotopic (exact) mass is 292 g/mol. The zero-order valence-corrected chi connectivity index (χ0v) is 12.2. The maximum atomic E-state index is 5.93. The molecule has 0 aromatic carbocycles. The number of hydrogen-bond acceptors (Lipinski definition) is 4. The Hall–Kier alpha value is -1.59. The Labute approximate surface area is 120 Å². The van der Waals surface area contributed by atoms with Gasteiger partial charge < -0.3 is 5.32 Å². The van der Waals surface area contributed by atoms with Crippen molar-refractivity contribution in [2.45, 2.75) is 20.4 Å². The van der Waals surface area contributed by atoms with E-state index in [-0.39, 0.29) is 0 Å². The van der Waals surface area contributed by atoms with E-state index in [1.165, 1.54) is 4.88 Å². The number of aromatic nitrogens is 3. The molecule has 98 valence electrons. The summed E-state index contributed by atoms with van der Waals surface area (Å²) in [5.74, 6) is 0.945. The molecule has 0 unspecified atom stereocenters. The summed E-state index contributed by atoms with van der Waals surface area (Å²) in [6.07, 6.45) is 1.83. The van der Waals surface area contributed by atoms with Crippen molar-refractivity contribution in [1.29, 1.82) is 0 Å². The Kier molecular flexibility index (Phi) is 3.16.